The summed E-state index contributed by atoms with van der Waals surface area (Å²) in [4.78, 5) is 26.2. The van der Waals surface area contributed by atoms with Gasteiger partial charge in [0.2, 0.25) is 0 Å². The SMILES string of the molecule is Cc1cc(N(C2CC2)C2CCN(C(=O)c3noc4c3CCCC4)CC2)ncn1. The number of hydrogen-bond acceptors (Lipinski definition) is 6. The van der Waals surface area contributed by atoms with E-state index in [1.165, 1.54) is 12.8 Å². The summed E-state index contributed by atoms with van der Waals surface area (Å²) in [6.07, 6.45) is 10.1. The number of aryl methyl sites for hydroxylation is 2. The molecule has 1 amide bonds. The Morgan fingerprint density at radius 2 is 1.86 bits per heavy atom. The smallest absolute Gasteiger partial charge is 0.276 e. The maximum Gasteiger partial charge on any atom is 0.276 e. The van der Waals surface area contributed by atoms with Gasteiger partial charge in [-0.15, -0.1) is 0 Å². The number of carbonyl (C=O) groups is 1. The molecule has 3 heterocycles. The number of aromatic nitrogens is 3. The lowest BCUT2D eigenvalue weighted by Crippen LogP contribution is -2.48. The van der Waals surface area contributed by atoms with Crippen molar-refractivity contribution in [2.24, 2.45) is 0 Å². The lowest BCUT2D eigenvalue weighted by molar-refractivity contribution is 0.0700. The van der Waals surface area contributed by atoms with Crippen molar-refractivity contribution < 1.29 is 9.32 Å². The predicted molar refractivity (Wildman–Crippen MR) is 104 cm³/mol. The topological polar surface area (TPSA) is 75.4 Å². The van der Waals surface area contributed by atoms with Crippen LogP contribution in [0.1, 0.15) is 66.0 Å². The summed E-state index contributed by atoms with van der Waals surface area (Å²) < 4.78 is 5.45. The zero-order valence-corrected chi connectivity index (χ0v) is 16.4. The molecule has 3 aliphatic rings. The molecule has 0 atom stereocenters. The average Bonchev–Trinajstić information content (AvgIpc) is 3.46. The van der Waals surface area contributed by atoms with Gasteiger partial charge in [-0.2, -0.15) is 0 Å². The molecule has 0 aromatic carbocycles. The van der Waals surface area contributed by atoms with Crippen molar-refractivity contribution in [3.63, 3.8) is 0 Å². The first-order valence-electron chi connectivity index (χ1n) is 10.5. The maximum absolute atomic E-state index is 13.0. The summed E-state index contributed by atoms with van der Waals surface area (Å²) in [6.45, 7) is 3.53. The van der Waals surface area contributed by atoms with Crippen LogP contribution in [0.2, 0.25) is 0 Å². The minimum Gasteiger partial charge on any atom is -0.360 e. The molecule has 1 saturated heterocycles. The van der Waals surface area contributed by atoms with Crippen LogP contribution in [-0.4, -0.2) is 51.1 Å². The van der Waals surface area contributed by atoms with E-state index in [2.05, 4.69) is 26.1 Å². The molecule has 0 spiro atoms. The Morgan fingerprint density at radius 1 is 1.11 bits per heavy atom. The van der Waals surface area contributed by atoms with Gasteiger partial charge >= 0.3 is 0 Å². The number of likely N-dealkylation sites (tertiary alicyclic amines) is 1. The van der Waals surface area contributed by atoms with Crippen LogP contribution in [0.25, 0.3) is 0 Å². The van der Waals surface area contributed by atoms with E-state index in [0.717, 1.165) is 74.4 Å². The van der Waals surface area contributed by atoms with E-state index in [9.17, 15) is 4.79 Å². The van der Waals surface area contributed by atoms with Crippen LogP contribution < -0.4 is 4.90 Å². The van der Waals surface area contributed by atoms with Crippen LogP contribution >= 0.6 is 0 Å². The van der Waals surface area contributed by atoms with Gasteiger partial charge in [-0.3, -0.25) is 4.79 Å². The van der Waals surface area contributed by atoms with E-state index in [1.54, 1.807) is 6.33 Å². The highest BCUT2D eigenvalue weighted by Crippen LogP contribution is 2.35. The Bertz CT molecular complexity index is 867. The van der Waals surface area contributed by atoms with Gasteiger partial charge in [0.1, 0.15) is 17.9 Å². The van der Waals surface area contributed by atoms with E-state index < -0.39 is 0 Å². The normalized spacial score (nSPS) is 20.1. The molecule has 0 unspecified atom stereocenters. The molecule has 0 radical (unpaired) electrons. The summed E-state index contributed by atoms with van der Waals surface area (Å²) >= 11 is 0. The fourth-order valence-corrected chi connectivity index (χ4v) is 4.66. The van der Waals surface area contributed by atoms with Crippen molar-refractivity contribution in [2.75, 3.05) is 18.0 Å². The van der Waals surface area contributed by atoms with Crippen molar-refractivity contribution in [2.45, 2.75) is 70.4 Å². The van der Waals surface area contributed by atoms with Gasteiger partial charge in [-0.05, 0) is 51.9 Å². The molecule has 1 saturated carbocycles. The predicted octanol–water partition coefficient (Wildman–Crippen LogP) is 2.93. The van der Waals surface area contributed by atoms with Crippen LogP contribution in [0.4, 0.5) is 5.82 Å². The average molecular weight is 381 g/mol. The van der Waals surface area contributed by atoms with Gasteiger partial charge in [-0.25, -0.2) is 9.97 Å². The highest BCUT2D eigenvalue weighted by atomic mass is 16.5. The Labute approximate surface area is 165 Å². The Kier molecular flexibility index (Phi) is 4.53. The molecule has 7 nitrogen and oxygen atoms in total. The van der Waals surface area contributed by atoms with E-state index in [4.69, 9.17) is 4.52 Å². The van der Waals surface area contributed by atoms with Gasteiger partial charge in [0.25, 0.3) is 5.91 Å². The van der Waals surface area contributed by atoms with Crippen LogP contribution in [0, 0.1) is 6.92 Å². The van der Waals surface area contributed by atoms with E-state index >= 15 is 0 Å². The third-order valence-electron chi connectivity index (χ3n) is 6.29. The number of hydrogen-bond donors (Lipinski definition) is 0. The number of rotatable bonds is 4. The highest BCUT2D eigenvalue weighted by Gasteiger charge is 2.38. The first-order valence-corrected chi connectivity index (χ1v) is 10.5. The molecule has 2 aromatic heterocycles. The Balaban J connectivity index is 1.28. The third kappa shape index (κ3) is 3.27. The van der Waals surface area contributed by atoms with Crippen LogP contribution in [0.15, 0.2) is 16.9 Å². The molecule has 2 aromatic rings. The van der Waals surface area contributed by atoms with Gasteiger partial charge in [0, 0.05) is 48.9 Å². The molecule has 7 heteroatoms. The molecule has 1 aliphatic heterocycles. The molecule has 28 heavy (non-hydrogen) atoms. The molecule has 0 bridgehead atoms. The fourth-order valence-electron chi connectivity index (χ4n) is 4.66. The summed E-state index contributed by atoms with van der Waals surface area (Å²) in [5, 5.41) is 4.13. The summed E-state index contributed by atoms with van der Waals surface area (Å²) in [5.74, 6) is 2.00. The first kappa shape index (κ1) is 17.6. The Morgan fingerprint density at radius 3 is 2.61 bits per heavy atom. The first-order chi connectivity index (χ1) is 13.7. The van der Waals surface area contributed by atoms with E-state index in [0.29, 0.717) is 17.8 Å². The van der Waals surface area contributed by atoms with Crippen molar-refractivity contribution >= 4 is 11.7 Å². The van der Waals surface area contributed by atoms with Crippen molar-refractivity contribution in [3.8, 4) is 0 Å². The Hall–Kier alpha value is -2.44. The second kappa shape index (κ2) is 7.18. The van der Waals surface area contributed by atoms with Crippen molar-refractivity contribution in [1.29, 1.82) is 0 Å². The van der Waals surface area contributed by atoms with Gasteiger partial charge in [-0.1, -0.05) is 5.16 Å². The number of piperidine rings is 1. The zero-order chi connectivity index (χ0) is 19.1. The molecular formula is C21H27N5O2. The second-order valence-electron chi connectivity index (χ2n) is 8.32. The largest absolute Gasteiger partial charge is 0.360 e. The second-order valence-corrected chi connectivity index (χ2v) is 8.32. The molecular weight excluding hydrogens is 354 g/mol. The monoisotopic (exact) mass is 381 g/mol. The van der Waals surface area contributed by atoms with Crippen LogP contribution in [0.3, 0.4) is 0 Å². The number of carbonyl (C=O) groups excluding carboxylic acids is 1. The highest BCUT2D eigenvalue weighted by molar-refractivity contribution is 5.94. The molecule has 5 rings (SSSR count). The van der Waals surface area contributed by atoms with Crippen molar-refractivity contribution in [3.05, 3.63) is 35.1 Å². The lowest BCUT2D eigenvalue weighted by atomic mass is 9.95. The minimum atomic E-state index is 0.0428. The van der Waals surface area contributed by atoms with E-state index in [1.807, 2.05) is 11.8 Å². The van der Waals surface area contributed by atoms with Gasteiger partial charge in [0.15, 0.2) is 5.69 Å². The molecule has 0 N–H and O–H groups in total. The lowest BCUT2D eigenvalue weighted by Gasteiger charge is -2.39. The number of amides is 1. The van der Waals surface area contributed by atoms with Crippen molar-refractivity contribution in [1.82, 2.24) is 20.0 Å². The van der Waals surface area contributed by atoms with Gasteiger partial charge < -0.3 is 14.3 Å². The number of nitrogens with zero attached hydrogens (tertiary/aromatic N) is 5. The molecule has 148 valence electrons. The van der Waals surface area contributed by atoms with Gasteiger partial charge in [0.05, 0.1) is 0 Å². The maximum atomic E-state index is 13.0. The molecule has 2 aliphatic carbocycles. The minimum absolute atomic E-state index is 0.0428. The summed E-state index contributed by atoms with van der Waals surface area (Å²) in [5.41, 5.74) is 2.60. The number of anilines is 1. The summed E-state index contributed by atoms with van der Waals surface area (Å²) in [6, 6.07) is 3.10. The zero-order valence-electron chi connectivity index (χ0n) is 16.4. The van der Waals surface area contributed by atoms with E-state index in [-0.39, 0.29) is 5.91 Å². The van der Waals surface area contributed by atoms with Crippen LogP contribution in [-0.2, 0) is 12.8 Å². The molecule has 2 fully saturated rings. The van der Waals surface area contributed by atoms with Crippen LogP contribution in [0.5, 0.6) is 0 Å². The third-order valence-corrected chi connectivity index (χ3v) is 6.29. The fraction of sp³-hybridized carbons (Fsp3) is 0.619. The number of fused-ring (bicyclic) bond motifs is 1. The summed E-state index contributed by atoms with van der Waals surface area (Å²) in [7, 11) is 0. The quantitative estimate of drug-likeness (QED) is 0.811. The standard InChI is InChI=1S/C21H27N5O2/c1-14-12-19(23-13-22-14)26(15-6-7-15)16-8-10-25(11-9-16)21(27)20-17-4-2-3-5-18(17)28-24-20/h12-13,15-16H,2-11H2,1H3.